The molecule has 2 aromatic rings. The Hall–Kier alpha value is -2.10. The first-order valence-electron chi connectivity index (χ1n) is 6.06. The van der Waals surface area contributed by atoms with Gasteiger partial charge in [-0.15, -0.1) is 0 Å². The number of rotatable bonds is 5. The molecule has 2 aromatic heterocycles. The first-order valence-corrected chi connectivity index (χ1v) is 6.06. The van der Waals surface area contributed by atoms with Crippen LogP contribution in [-0.2, 0) is 13.1 Å². The molecule has 4 heteroatoms. The molecule has 0 fully saturated rings. The summed E-state index contributed by atoms with van der Waals surface area (Å²) in [6, 6.07) is 6.28. The fourth-order valence-corrected chi connectivity index (χ4v) is 1.77. The van der Waals surface area contributed by atoms with Gasteiger partial charge in [0.15, 0.2) is 10.9 Å². The molecule has 0 atom stereocenters. The fraction of sp³-hybridized carbons (Fsp3) is 0.286. The molecule has 0 saturated heterocycles. The summed E-state index contributed by atoms with van der Waals surface area (Å²) in [6.07, 6.45) is 9.30. The highest BCUT2D eigenvalue weighted by Gasteiger charge is 1.92. The number of pyridine rings is 2. The number of aryl methyl sites for hydroxylation is 2. The van der Waals surface area contributed by atoms with Crippen molar-refractivity contribution in [3.63, 3.8) is 0 Å². The van der Waals surface area contributed by atoms with Gasteiger partial charge in [0, 0.05) is 62.1 Å². The summed E-state index contributed by atoms with van der Waals surface area (Å²) in [7, 11) is 0. The van der Waals surface area contributed by atoms with Gasteiger partial charge in [-0.3, -0.25) is 9.59 Å². The van der Waals surface area contributed by atoms with Gasteiger partial charge in [0.05, 0.1) is 0 Å². The molecule has 0 aromatic carbocycles. The summed E-state index contributed by atoms with van der Waals surface area (Å²) < 4.78 is 4.01. The lowest BCUT2D eigenvalue weighted by molar-refractivity contribution is 0.549. The second-order valence-electron chi connectivity index (χ2n) is 4.25. The molecule has 0 spiro atoms. The first kappa shape index (κ1) is 12.4. The number of aromatic nitrogens is 2. The number of unbranched alkanes of at least 4 members (excludes halogenated alkanes) is 1. The van der Waals surface area contributed by atoms with E-state index in [1.54, 1.807) is 24.3 Å². The highest BCUT2D eigenvalue weighted by atomic mass is 16.1. The Labute approximate surface area is 105 Å². The van der Waals surface area contributed by atoms with Crippen LogP contribution in [0.3, 0.4) is 0 Å². The lowest BCUT2D eigenvalue weighted by Gasteiger charge is -2.07. The highest BCUT2D eigenvalue weighted by Crippen LogP contribution is 1.98. The molecule has 4 nitrogen and oxygen atoms in total. The Balaban J connectivity index is 1.76. The van der Waals surface area contributed by atoms with Gasteiger partial charge in [-0.25, -0.2) is 0 Å². The standard InChI is InChI=1S/C14H16N2O2/c17-13-3-9-15(10-4-13)7-1-2-8-16-11-5-14(18)6-12-16/h3-6,9-12H,1-2,7-8H2. The van der Waals surface area contributed by atoms with E-state index in [1.165, 1.54) is 0 Å². The topological polar surface area (TPSA) is 44.0 Å². The van der Waals surface area contributed by atoms with Gasteiger partial charge in [0.25, 0.3) is 0 Å². The number of hydrogen-bond acceptors (Lipinski definition) is 2. The predicted octanol–water partition coefficient (Wildman–Crippen LogP) is 1.49. The third kappa shape index (κ3) is 3.73. The van der Waals surface area contributed by atoms with Crippen LogP contribution in [0.25, 0.3) is 0 Å². The zero-order valence-electron chi connectivity index (χ0n) is 10.2. The molecular weight excluding hydrogens is 228 g/mol. The molecule has 0 radical (unpaired) electrons. The van der Waals surface area contributed by atoms with Crippen molar-refractivity contribution in [2.75, 3.05) is 0 Å². The summed E-state index contributed by atoms with van der Waals surface area (Å²) >= 11 is 0. The molecule has 0 unspecified atom stereocenters. The summed E-state index contributed by atoms with van der Waals surface area (Å²) in [5.41, 5.74) is 0.0824. The molecule has 0 aliphatic rings. The van der Waals surface area contributed by atoms with E-state index in [0.717, 1.165) is 25.9 Å². The Morgan fingerprint density at radius 2 is 1.00 bits per heavy atom. The SMILES string of the molecule is O=c1ccn(CCCCn2ccc(=O)cc2)cc1. The molecule has 0 saturated carbocycles. The molecule has 94 valence electrons. The van der Waals surface area contributed by atoms with Gasteiger partial charge >= 0.3 is 0 Å². The molecule has 2 rings (SSSR count). The quantitative estimate of drug-likeness (QED) is 0.748. The lowest BCUT2D eigenvalue weighted by atomic mass is 10.3. The maximum Gasteiger partial charge on any atom is 0.181 e. The van der Waals surface area contributed by atoms with Crippen LogP contribution >= 0.6 is 0 Å². The Morgan fingerprint density at radius 1 is 0.667 bits per heavy atom. The van der Waals surface area contributed by atoms with Crippen LogP contribution in [0.15, 0.2) is 58.6 Å². The Morgan fingerprint density at radius 3 is 1.33 bits per heavy atom. The second kappa shape index (κ2) is 6.00. The summed E-state index contributed by atoms with van der Waals surface area (Å²) in [4.78, 5) is 21.8. The van der Waals surface area contributed by atoms with Gasteiger partial charge in [-0.05, 0) is 12.8 Å². The van der Waals surface area contributed by atoms with E-state index in [-0.39, 0.29) is 10.9 Å². The van der Waals surface area contributed by atoms with E-state index in [2.05, 4.69) is 0 Å². The molecule has 0 bridgehead atoms. The molecule has 0 aliphatic heterocycles. The van der Waals surface area contributed by atoms with Gasteiger partial charge in [0.2, 0.25) is 0 Å². The molecule has 0 aliphatic carbocycles. The van der Waals surface area contributed by atoms with Crippen LogP contribution in [0.5, 0.6) is 0 Å². The lowest BCUT2D eigenvalue weighted by Crippen LogP contribution is -2.06. The van der Waals surface area contributed by atoms with Crippen molar-refractivity contribution < 1.29 is 0 Å². The van der Waals surface area contributed by atoms with Gasteiger partial charge < -0.3 is 9.13 Å². The van der Waals surface area contributed by atoms with Crippen LogP contribution < -0.4 is 10.9 Å². The molecule has 2 heterocycles. The minimum atomic E-state index is 0.0412. The minimum absolute atomic E-state index is 0.0412. The van der Waals surface area contributed by atoms with E-state index >= 15 is 0 Å². The summed E-state index contributed by atoms with van der Waals surface area (Å²) in [5, 5.41) is 0. The normalized spacial score (nSPS) is 10.4. The monoisotopic (exact) mass is 244 g/mol. The average molecular weight is 244 g/mol. The molecule has 0 amide bonds. The second-order valence-corrected chi connectivity index (χ2v) is 4.25. The number of nitrogens with zero attached hydrogens (tertiary/aromatic N) is 2. The first-order chi connectivity index (χ1) is 8.74. The molecule has 0 N–H and O–H groups in total. The smallest absolute Gasteiger partial charge is 0.181 e. The van der Waals surface area contributed by atoms with Crippen molar-refractivity contribution in [3.05, 3.63) is 69.5 Å². The third-order valence-electron chi connectivity index (χ3n) is 2.80. The summed E-state index contributed by atoms with van der Waals surface area (Å²) in [5.74, 6) is 0. The maximum absolute atomic E-state index is 10.9. The van der Waals surface area contributed by atoms with Gasteiger partial charge in [0.1, 0.15) is 0 Å². The van der Waals surface area contributed by atoms with Gasteiger partial charge in [-0.2, -0.15) is 0 Å². The van der Waals surface area contributed by atoms with Crippen LogP contribution in [0.2, 0.25) is 0 Å². The zero-order chi connectivity index (χ0) is 12.8. The maximum atomic E-state index is 10.9. The average Bonchev–Trinajstić information content (AvgIpc) is 2.39. The minimum Gasteiger partial charge on any atom is -0.354 e. The zero-order valence-corrected chi connectivity index (χ0v) is 10.2. The third-order valence-corrected chi connectivity index (χ3v) is 2.80. The van der Waals surface area contributed by atoms with Crippen LogP contribution in [0.1, 0.15) is 12.8 Å². The van der Waals surface area contributed by atoms with Crippen molar-refractivity contribution in [1.29, 1.82) is 0 Å². The van der Waals surface area contributed by atoms with E-state index in [1.807, 2.05) is 33.9 Å². The van der Waals surface area contributed by atoms with Crippen LogP contribution in [0, 0.1) is 0 Å². The summed E-state index contributed by atoms with van der Waals surface area (Å²) in [6.45, 7) is 1.81. The Bertz CT molecular complexity index is 517. The Kier molecular flexibility index (Phi) is 4.12. The van der Waals surface area contributed by atoms with Crippen LogP contribution in [0.4, 0.5) is 0 Å². The van der Waals surface area contributed by atoms with E-state index < -0.39 is 0 Å². The van der Waals surface area contributed by atoms with E-state index in [4.69, 9.17) is 0 Å². The highest BCUT2D eigenvalue weighted by molar-refractivity contribution is 4.94. The fourth-order valence-electron chi connectivity index (χ4n) is 1.77. The van der Waals surface area contributed by atoms with Gasteiger partial charge in [-0.1, -0.05) is 0 Å². The molecular formula is C14H16N2O2. The van der Waals surface area contributed by atoms with E-state index in [9.17, 15) is 9.59 Å². The molecule has 18 heavy (non-hydrogen) atoms. The largest absolute Gasteiger partial charge is 0.354 e. The number of hydrogen-bond donors (Lipinski definition) is 0. The van der Waals surface area contributed by atoms with Crippen molar-refractivity contribution in [1.82, 2.24) is 9.13 Å². The predicted molar refractivity (Wildman–Crippen MR) is 70.6 cm³/mol. The van der Waals surface area contributed by atoms with E-state index in [0.29, 0.717) is 0 Å². The van der Waals surface area contributed by atoms with Crippen molar-refractivity contribution in [3.8, 4) is 0 Å². The van der Waals surface area contributed by atoms with Crippen molar-refractivity contribution in [2.45, 2.75) is 25.9 Å². The van der Waals surface area contributed by atoms with Crippen molar-refractivity contribution in [2.24, 2.45) is 0 Å². The van der Waals surface area contributed by atoms with Crippen LogP contribution in [-0.4, -0.2) is 9.13 Å². The van der Waals surface area contributed by atoms with Crippen molar-refractivity contribution >= 4 is 0 Å².